The maximum Gasteiger partial charge on any atom is 0.0541 e. The van der Waals surface area contributed by atoms with Crippen molar-refractivity contribution in [2.75, 3.05) is 19.6 Å². The highest BCUT2D eigenvalue weighted by Crippen LogP contribution is 2.26. The van der Waals surface area contributed by atoms with Crippen molar-refractivity contribution in [2.24, 2.45) is 0 Å². The molecule has 1 saturated carbocycles. The fourth-order valence-corrected chi connectivity index (χ4v) is 3.96. The Morgan fingerprint density at radius 1 is 1.05 bits per heavy atom. The first kappa shape index (κ1) is 15.0. The minimum Gasteiger partial charge on any atom is -0.393 e. The molecular formula is C18H28N2O. The molecule has 3 nitrogen and oxygen atoms in total. The molecular weight excluding hydrogens is 260 g/mol. The summed E-state index contributed by atoms with van der Waals surface area (Å²) in [6.07, 6.45) is 4.27. The lowest BCUT2D eigenvalue weighted by Gasteiger charge is -2.45. The van der Waals surface area contributed by atoms with E-state index >= 15 is 0 Å². The highest BCUT2D eigenvalue weighted by atomic mass is 16.3. The molecule has 2 aliphatic rings. The van der Waals surface area contributed by atoms with Gasteiger partial charge in [-0.1, -0.05) is 30.3 Å². The molecule has 1 N–H and O–H groups in total. The second kappa shape index (κ2) is 6.91. The lowest BCUT2D eigenvalue weighted by atomic mass is 9.90. The van der Waals surface area contributed by atoms with Crippen LogP contribution in [0.2, 0.25) is 0 Å². The van der Waals surface area contributed by atoms with Gasteiger partial charge in [-0.3, -0.25) is 9.80 Å². The van der Waals surface area contributed by atoms with Crippen LogP contribution in [0.15, 0.2) is 30.3 Å². The summed E-state index contributed by atoms with van der Waals surface area (Å²) in [6.45, 7) is 6.94. The van der Waals surface area contributed by atoms with Gasteiger partial charge in [-0.05, 0) is 38.2 Å². The van der Waals surface area contributed by atoms with E-state index in [0.717, 1.165) is 32.5 Å². The van der Waals surface area contributed by atoms with Gasteiger partial charge in [-0.2, -0.15) is 0 Å². The normalized spacial score (nSPS) is 32.2. The van der Waals surface area contributed by atoms with Crippen LogP contribution in [0.3, 0.4) is 0 Å². The first-order valence-corrected chi connectivity index (χ1v) is 8.42. The van der Waals surface area contributed by atoms with Gasteiger partial charge in [-0.15, -0.1) is 0 Å². The largest absolute Gasteiger partial charge is 0.393 e. The molecule has 1 saturated heterocycles. The van der Waals surface area contributed by atoms with Crippen LogP contribution < -0.4 is 0 Å². The highest BCUT2D eigenvalue weighted by molar-refractivity contribution is 5.14. The molecule has 0 radical (unpaired) electrons. The molecule has 0 amide bonds. The number of hydrogen-bond acceptors (Lipinski definition) is 3. The topological polar surface area (TPSA) is 26.7 Å². The summed E-state index contributed by atoms with van der Waals surface area (Å²) in [5, 5.41) is 9.67. The molecule has 0 aromatic heterocycles. The van der Waals surface area contributed by atoms with E-state index in [1.807, 2.05) is 0 Å². The van der Waals surface area contributed by atoms with Crippen molar-refractivity contribution in [3.8, 4) is 0 Å². The standard InChI is InChI=1S/C18H28N2O/c1-15-13-19(14-16-5-3-2-4-6-16)11-12-20(15)17-7-9-18(21)10-8-17/h2-6,15,17-18,21H,7-14H2,1H3. The Balaban J connectivity index is 1.52. The lowest BCUT2D eigenvalue weighted by Crippen LogP contribution is -2.55. The minimum absolute atomic E-state index is 0.0454. The molecule has 0 bridgehead atoms. The van der Waals surface area contributed by atoms with Crippen LogP contribution in [-0.4, -0.2) is 52.7 Å². The summed E-state index contributed by atoms with van der Waals surface area (Å²) in [5.41, 5.74) is 1.42. The Morgan fingerprint density at radius 3 is 2.43 bits per heavy atom. The first-order valence-electron chi connectivity index (χ1n) is 8.42. The summed E-state index contributed by atoms with van der Waals surface area (Å²) in [7, 11) is 0. The van der Waals surface area contributed by atoms with Gasteiger partial charge in [0.05, 0.1) is 6.10 Å². The number of piperazine rings is 1. The molecule has 1 atom stereocenters. The van der Waals surface area contributed by atoms with E-state index < -0.39 is 0 Å². The van der Waals surface area contributed by atoms with Gasteiger partial charge >= 0.3 is 0 Å². The quantitative estimate of drug-likeness (QED) is 0.926. The number of benzene rings is 1. The van der Waals surface area contributed by atoms with Crippen LogP contribution in [-0.2, 0) is 6.54 Å². The monoisotopic (exact) mass is 288 g/mol. The van der Waals surface area contributed by atoms with Gasteiger partial charge in [0.25, 0.3) is 0 Å². The van der Waals surface area contributed by atoms with E-state index in [4.69, 9.17) is 0 Å². The summed E-state index contributed by atoms with van der Waals surface area (Å²) >= 11 is 0. The Labute approximate surface area is 128 Å². The van der Waals surface area contributed by atoms with Gasteiger partial charge in [0.1, 0.15) is 0 Å². The van der Waals surface area contributed by atoms with Gasteiger partial charge in [0, 0.05) is 38.3 Å². The Morgan fingerprint density at radius 2 is 1.76 bits per heavy atom. The van der Waals surface area contributed by atoms with Crippen molar-refractivity contribution in [3.63, 3.8) is 0 Å². The number of hydrogen-bond donors (Lipinski definition) is 1. The van der Waals surface area contributed by atoms with Crippen LogP contribution in [0.25, 0.3) is 0 Å². The summed E-state index contributed by atoms with van der Waals surface area (Å²) in [6, 6.07) is 12.1. The Kier molecular flexibility index (Phi) is 4.94. The molecule has 3 heteroatoms. The first-order chi connectivity index (χ1) is 10.2. The molecule has 1 aromatic carbocycles. The summed E-state index contributed by atoms with van der Waals surface area (Å²) in [5.74, 6) is 0. The molecule has 1 aromatic rings. The van der Waals surface area contributed by atoms with E-state index in [1.54, 1.807) is 0 Å². The van der Waals surface area contributed by atoms with Crippen LogP contribution in [0.5, 0.6) is 0 Å². The van der Waals surface area contributed by atoms with Gasteiger partial charge in [-0.25, -0.2) is 0 Å². The fourth-order valence-electron chi connectivity index (χ4n) is 3.96. The fraction of sp³-hybridized carbons (Fsp3) is 0.667. The van der Waals surface area contributed by atoms with E-state index in [1.165, 1.54) is 24.9 Å². The Hall–Kier alpha value is -0.900. The van der Waals surface area contributed by atoms with E-state index in [9.17, 15) is 5.11 Å². The van der Waals surface area contributed by atoms with Crippen LogP contribution in [0.4, 0.5) is 0 Å². The molecule has 1 aliphatic carbocycles. The number of aliphatic hydroxyl groups is 1. The second-order valence-electron chi connectivity index (χ2n) is 6.77. The Bertz CT molecular complexity index is 428. The maximum absolute atomic E-state index is 9.67. The number of aliphatic hydroxyl groups excluding tert-OH is 1. The molecule has 2 fully saturated rings. The molecule has 21 heavy (non-hydrogen) atoms. The van der Waals surface area contributed by atoms with Gasteiger partial charge in [0.15, 0.2) is 0 Å². The molecule has 1 heterocycles. The van der Waals surface area contributed by atoms with E-state index in [2.05, 4.69) is 47.1 Å². The van der Waals surface area contributed by atoms with Crippen LogP contribution in [0.1, 0.15) is 38.2 Å². The molecule has 1 aliphatic heterocycles. The van der Waals surface area contributed by atoms with Crippen LogP contribution in [0, 0.1) is 0 Å². The average molecular weight is 288 g/mol. The van der Waals surface area contributed by atoms with Gasteiger partial charge < -0.3 is 5.11 Å². The zero-order chi connectivity index (χ0) is 14.7. The predicted molar refractivity (Wildman–Crippen MR) is 86.1 cm³/mol. The van der Waals surface area contributed by atoms with Crippen molar-refractivity contribution in [2.45, 2.75) is 57.3 Å². The average Bonchev–Trinajstić information content (AvgIpc) is 2.50. The summed E-state index contributed by atoms with van der Waals surface area (Å²) < 4.78 is 0. The smallest absolute Gasteiger partial charge is 0.0541 e. The van der Waals surface area contributed by atoms with E-state index in [-0.39, 0.29) is 6.10 Å². The number of nitrogens with zero attached hydrogens (tertiary/aromatic N) is 2. The highest BCUT2D eigenvalue weighted by Gasteiger charge is 2.31. The molecule has 116 valence electrons. The third kappa shape index (κ3) is 3.85. The van der Waals surface area contributed by atoms with Crippen LogP contribution >= 0.6 is 0 Å². The van der Waals surface area contributed by atoms with Crippen molar-refractivity contribution >= 4 is 0 Å². The third-order valence-corrected chi connectivity index (χ3v) is 5.15. The maximum atomic E-state index is 9.67. The minimum atomic E-state index is -0.0454. The van der Waals surface area contributed by atoms with Crippen molar-refractivity contribution < 1.29 is 5.11 Å². The van der Waals surface area contributed by atoms with Crippen molar-refractivity contribution in [1.82, 2.24) is 9.80 Å². The molecule has 1 unspecified atom stereocenters. The van der Waals surface area contributed by atoms with Crippen molar-refractivity contribution in [3.05, 3.63) is 35.9 Å². The SMILES string of the molecule is CC1CN(Cc2ccccc2)CCN1C1CCC(O)CC1. The molecule has 0 spiro atoms. The second-order valence-corrected chi connectivity index (χ2v) is 6.77. The lowest BCUT2D eigenvalue weighted by molar-refractivity contribution is 0.0114. The van der Waals surface area contributed by atoms with Crippen molar-refractivity contribution in [1.29, 1.82) is 0 Å². The van der Waals surface area contributed by atoms with E-state index in [0.29, 0.717) is 12.1 Å². The summed E-state index contributed by atoms with van der Waals surface area (Å²) in [4.78, 5) is 5.27. The predicted octanol–water partition coefficient (Wildman–Crippen LogP) is 2.50. The zero-order valence-electron chi connectivity index (χ0n) is 13.1. The van der Waals surface area contributed by atoms with Gasteiger partial charge in [0.2, 0.25) is 0 Å². The molecule has 3 rings (SSSR count). The third-order valence-electron chi connectivity index (χ3n) is 5.15. The zero-order valence-corrected chi connectivity index (χ0v) is 13.1. The number of rotatable bonds is 3.